The molecule has 0 amide bonds. The summed E-state index contributed by atoms with van der Waals surface area (Å²) in [6, 6.07) is 0.508. The first-order chi connectivity index (χ1) is 7.81. The van der Waals surface area contributed by atoms with Crippen molar-refractivity contribution >= 4 is 11.3 Å². The highest BCUT2D eigenvalue weighted by molar-refractivity contribution is 7.09. The highest BCUT2D eigenvalue weighted by Gasteiger charge is 2.31. The van der Waals surface area contributed by atoms with Gasteiger partial charge in [0.25, 0.3) is 0 Å². The highest BCUT2D eigenvalue weighted by Crippen LogP contribution is 2.26. The van der Waals surface area contributed by atoms with E-state index in [-0.39, 0.29) is 0 Å². The van der Waals surface area contributed by atoms with Gasteiger partial charge in [-0.25, -0.2) is 4.98 Å². The standard InChI is InChI=1S/C12H20N2OS/c1-3-13-11(8-12-14-5-7-16-12)10-4-6-15-9(10)2/h5,7,9-11,13H,3-4,6,8H2,1-2H3. The van der Waals surface area contributed by atoms with Gasteiger partial charge in [0.1, 0.15) is 0 Å². The normalized spacial score (nSPS) is 27.1. The molecule has 0 radical (unpaired) electrons. The second kappa shape index (κ2) is 5.75. The van der Waals surface area contributed by atoms with Gasteiger partial charge < -0.3 is 10.1 Å². The molecule has 90 valence electrons. The van der Waals surface area contributed by atoms with Crippen LogP contribution in [0.3, 0.4) is 0 Å². The molecule has 0 saturated carbocycles. The third-order valence-corrected chi connectivity index (χ3v) is 4.10. The second-order valence-electron chi connectivity index (χ2n) is 4.32. The monoisotopic (exact) mass is 240 g/mol. The number of likely N-dealkylation sites (N-methyl/N-ethyl adjacent to an activating group) is 1. The Balaban J connectivity index is 1.99. The minimum atomic E-state index is 0.379. The molecule has 16 heavy (non-hydrogen) atoms. The molecule has 1 aromatic rings. The van der Waals surface area contributed by atoms with E-state index in [9.17, 15) is 0 Å². The average Bonchev–Trinajstić information content (AvgIpc) is 2.88. The smallest absolute Gasteiger partial charge is 0.0940 e. The fraction of sp³-hybridized carbons (Fsp3) is 0.750. The van der Waals surface area contributed by atoms with Gasteiger partial charge >= 0.3 is 0 Å². The Labute approximate surface area is 101 Å². The lowest BCUT2D eigenvalue weighted by Gasteiger charge is -2.25. The summed E-state index contributed by atoms with van der Waals surface area (Å²) in [4.78, 5) is 4.37. The quantitative estimate of drug-likeness (QED) is 0.855. The molecule has 1 aliphatic rings. The van der Waals surface area contributed by atoms with Gasteiger partial charge in [-0.05, 0) is 19.9 Å². The van der Waals surface area contributed by atoms with Crippen molar-refractivity contribution in [3.05, 3.63) is 16.6 Å². The minimum Gasteiger partial charge on any atom is -0.378 e. The molecule has 1 aromatic heterocycles. The third kappa shape index (κ3) is 2.81. The van der Waals surface area contributed by atoms with E-state index in [1.165, 1.54) is 11.4 Å². The van der Waals surface area contributed by atoms with Crippen molar-refractivity contribution in [2.24, 2.45) is 5.92 Å². The van der Waals surface area contributed by atoms with Gasteiger partial charge in [0, 0.05) is 36.6 Å². The van der Waals surface area contributed by atoms with Crippen LogP contribution < -0.4 is 5.32 Å². The molecule has 3 nitrogen and oxygen atoms in total. The summed E-state index contributed by atoms with van der Waals surface area (Å²) in [5, 5.41) is 6.86. The number of nitrogens with one attached hydrogen (secondary N) is 1. The Morgan fingerprint density at radius 1 is 1.69 bits per heavy atom. The van der Waals surface area contributed by atoms with Gasteiger partial charge in [0.05, 0.1) is 11.1 Å². The van der Waals surface area contributed by atoms with Gasteiger partial charge in [0.15, 0.2) is 0 Å². The van der Waals surface area contributed by atoms with E-state index in [1.807, 2.05) is 11.6 Å². The molecule has 1 aliphatic heterocycles. The maximum atomic E-state index is 5.65. The number of ether oxygens (including phenoxy) is 1. The predicted octanol–water partition coefficient (Wildman–Crippen LogP) is 2.09. The zero-order valence-corrected chi connectivity index (χ0v) is 10.8. The SMILES string of the molecule is CCNC(Cc1nccs1)C1CCOC1C. The molecule has 1 N–H and O–H groups in total. The van der Waals surface area contributed by atoms with Crippen LogP contribution in [-0.4, -0.2) is 30.3 Å². The van der Waals surface area contributed by atoms with Crippen LogP contribution in [0.5, 0.6) is 0 Å². The predicted molar refractivity (Wildman–Crippen MR) is 66.8 cm³/mol. The van der Waals surface area contributed by atoms with Crippen LogP contribution in [0.15, 0.2) is 11.6 Å². The summed E-state index contributed by atoms with van der Waals surface area (Å²) < 4.78 is 5.65. The first-order valence-corrected chi connectivity index (χ1v) is 6.92. The summed E-state index contributed by atoms with van der Waals surface area (Å²) >= 11 is 1.75. The van der Waals surface area contributed by atoms with Crippen LogP contribution in [0.2, 0.25) is 0 Å². The number of hydrogen-bond acceptors (Lipinski definition) is 4. The molecule has 3 atom stereocenters. The largest absolute Gasteiger partial charge is 0.378 e. The highest BCUT2D eigenvalue weighted by atomic mass is 32.1. The van der Waals surface area contributed by atoms with Crippen molar-refractivity contribution < 1.29 is 4.74 Å². The van der Waals surface area contributed by atoms with Gasteiger partial charge in [-0.2, -0.15) is 0 Å². The van der Waals surface area contributed by atoms with E-state index in [4.69, 9.17) is 4.74 Å². The van der Waals surface area contributed by atoms with E-state index in [0.717, 1.165) is 19.6 Å². The molecule has 1 fully saturated rings. The molecule has 3 unspecified atom stereocenters. The van der Waals surface area contributed by atoms with Gasteiger partial charge in [-0.3, -0.25) is 0 Å². The Bertz CT molecular complexity index is 302. The van der Waals surface area contributed by atoms with Crippen LogP contribution in [-0.2, 0) is 11.2 Å². The third-order valence-electron chi connectivity index (χ3n) is 3.30. The zero-order chi connectivity index (χ0) is 11.4. The number of rotatable bonds is 5. The summed E-state index contributed by atoms with van der Waals surface area (Å²) in [6.07, 6.45) is 4.47. The van der Waals surface area contributed by atoms with Crippen molar-refractivity contribution in [2.45, 2.75) is 38.8 Å². The lowest BCUT2D eigenvalue weighted by molar-refractivity contribution is 0.0956. The lowest BCUT2D eigenvalue weighted by atomic mass is 9.91. The molecule has 0 aromatic carbocycles. The van der Waals surface area contributed by atoms with E-state index in [1.54, 1.807) is 11.3 Å². The van der Waals surface area contributed by atoms with E-state index in [0.29, 0.717) is 18.1 Å². The summed E-state index contributed by atoms with van der Waals surface area (Å²) in [7, 11) is 0. The van der Waals surface area contributed by atoms with Crippen molar-refractivity contribution in [2.75, 3.05) is 13.2 Å². The topological polar surface area (TPSA) is 34.2 Å². The van der Waals surface area contributed by atoms with E-state index < -0.39 is 0 Å². The van der Waals surface area contributed by atoms with Crippen molar-refractivity contribution in [1.29, 1.82) is 0 Å². The first-order valence-electron chi connectivity index (χ1n) is 6.04. The Morgan fingerprint density at radius 3 is 3.12 bits per heavy atom. The van der Waals surface area contributed by atoms with Gasteiger partial charge in [-0.1, -0.05) is 6.92 Å². The molecular formula is C12H20N2OS. The van der Waals surface area contributed by atoms with Crippen LogP contribution in [0, 0.1) is 5.92 Å². The maximum absolute atomic E-state index is 5.65. The molecule has 2 rings (SSSR count). The van der Waals surface area contributed by atoms with Crippen LogP contribution in [0.4, 0.5) is 0 Å². The molecule has 1 saturated heterocycles. The van der Waals surface area contributed by atoms with Crippen LogP contribution in [0.1, 0.15) is 25.3 Å². The van der Waals surface area contributed by atoms with Gasteiger partial charge in [0.2, 0.25) is 0 Å². The fourth-order valence-corrected chi connectivity index (χ4v) is 3.13. The molecule has 2 heterocycles. The summed E-state index contributed by atoms with van der Waals surface area (Å²) in [5.41, 5.74) is 0. The first kappa shape index (κ1) is 12.0. The molecule has 0 aliphatic carbocycles. The van der Waals surface area contributed by atoms with Crippen molar-refractivity contribution in [3.8, 4) is 0 Å². The Kier molecular flexibility index (Phi) is 4.32. The number of nitrogens with zero attached hydrogens (tertiary/aromatic N) is 1. The molecular weight excluding hydrogens is 220 g/mol. The number of thiazole rings is 1. The molecule has 4 heteroatoms. The Morgan fingerprint density at radius 2 is 2.56 bits per heavy atom. The minimum absolute atomic E-state index is 0.379. The van der Waals surface area contributed by atoms with Gasteiger partial charge in [-0.15, -0.1) is 11.3 Å². The number of hydrogen-bond donors (Lipinski definition) is 1. The Hall–Kier alpha value is -0.450. The summed E-state index contributed by atoms with van der Waals surface area (Å²) in [6.45, 7) is 6.27. The molecule has 0 spiro atoms. The van der Waals surface area contributed by atoms with Crippen LogP contribution >= 0.6 is 11.3 Å². The maximum Gasteiger partial charge on any atom is 0.0940 e. The van der Waals surface area contributed by atoms with E-state index >= 15 is 0 Å². The number of aromatic nitrogens is 1. The lowest BCUT2D eigenvalue weighted by Crippen LogP contribution is -2.40. The zero-order valence-electron chi connectivity index (χ0n) is 9.98. The fourth-order valence-electron chi connectivity index (χ4n) is 2.46. The van der Waals surface area contributed by atoms with Crippen molar-refractivity contribution in [3.63, 3.8) is 0 Å². The average molecular weight is 240 g/mol. The van der Waals surface area contributed by atoms with E-state index in [2.05, 4.69) is 24.1 Å². The van der Waals surface area contributed by atoms with Crippen molar-refractivity contribution in [1.82, 2.24) is 10.3 Å². The second-order valence-corrected chi connectivity index (χ2v) is 5.30. The van der Waals surface area contributed by atoms with Crippen LogP contribution in [0.25, 0.3) is 0 Å². The summed E-state index contributed by atoms with van der Waals surface area (Å²) in [5.74, 6) is 0.629. The molecule has 0 bridgehead atoms.